The molecule has 8 heteroatoms. The Morgan fingerprint density at radius 3 is 2.78 bits per heavy atom. The van der Waals surface area contributed by atoms with Crippen LogP contribution in [-0.4, -0.2) is 47.7 Å². The van der Waals surface area contributed by atoms with Crippen molar-refractivity contribution >= 4 is 55.1 Å². The first-order chi connectivity index (χ1) is 8.49. The molecule has 1 unspecified atom stereocenters. The number of halogens is 2. The standard InChI is InChI=1S/C10H9Br2NO4S/c11-5-3-7(18-8(5)12)9(14)13-1-2-17-6(4-13)10(15)16/h3,6H,1-2,4H2,(H,15,16). The summed E-state index contributed by atoms with van der Waals surface area (Å²) < 4.78 is 6.74. The van der Waals surface area contributed by atoms with Gasteiger partial charge in [-0.15, -0.1) is 11.3 Å². The van der Waals surface area contributed by atoms with E-state index >= 15 is 0 Å². The number of morpholine rings is 1. The van der Waals surface area contributed by atoms with Crippen LogP contribution >= 0.6 is 43.2 Å². The third-order valence-electron chi connectivity index (χ3n) is 2.49. The number of nitrogens with zero attached hydrogens (tertiary/aromatic N) is 1. The molecule has 1 aromatic rings. The molecular formula is C10H9Br2NO4S. The van der Waals surface area contributed by atoms with Gasteiger partial charge in [0, 0.05) is 11.0 Å². The van der Waals surface area contributed by atoms with Gasteiger partial charge in [0.2, 0.25) is 0 Å². The molecule has 0 bridgehead atoms. The molecule has 5 nitrogen and oxygen atoms in total. The number of carboxylic acids is 1. The zero-order chi connectivity index (χ0) is 13.3. The van der Waals surface area contributed by atoms with Gasteiger partial charge in [-0.2, -0.15) is 0 Å². The lowest BCUT2D eigenvalue weighted by atomic mass is 10.2. The number of aliphatic carboxylic acids is 1. The highest BCUT2D eigenvalue weighted by atomic mass is 79.9. The predicted octanol–water partition coefficient (Wildman–Crippen LogP) is 2.20. The molecule has 1 aromatic heterocycles. The Bertz CT molecular complexity index is 471. The zero-order valence-corrected chi connectivity index (χ0v) is 13.0. The summed E-state index contributed by atoms with van der Waals surface area (Å²) in [5, 5.41) is 8.88. The fraction of sp³-hybridized carbons (Fsp3) is 0.400. The monoisotopic (exact) mass is 397 g/mol. The molecule has 1 aliphatic heterocycles. The highest BCUT2D eigenvalue weighted by molar-refractivity contribution is 9.13. The van der Waals surface area contributed by atoms with Crippen LogP contribution in [0.4, 0.5) is 0 Å². The molecule has 1 aliphatic rings. The normalized spacial score (nSPS) is 19.9. The van der Waals surface area contributed by atoms with E-state index in [0.29, 0.717) is 11.4 Å². The maximum absolute atomic E-state index is 12.2. The minimum Gasteiger partial charge on any atom is -0.479 e. The topological polar surface area (TPSA) is 66.8 Å². The number of carbonyl (C=O) groups is 2. The van der Waals surface area contributed by atoms with E-state index in [1.54, 1.807) is 6.07 Å². The summed E-state index contributed by atoms with van der Waals surface area (Å²) >= 11 is 7.96. The van der Waals surface area contributed by atoms with Crippen molar-refractivity contribution < 1.29 is 19.4 Å². The SMILES string of the molecule is O=C(O)C1CN(C(=O)c2cc(Br)c(Br)s2)CCO1. The van der Waals surface area contributed by atoms with Crippen LogP contribution in [0.3, 0.4) is 0 Å². The van der Waals surface area contributed by atoms with Crippen LogP contribution in [0.1, 0.15) is 9.67 Å². The Kier molecular flexibility index (Phi) is 4.41. The van der Waals surface area contributed by atoms with Crippen LogP contribution in [0.25, 0.3) is 0 Å². The largest absolute Gasteiger partial charge is 0.479 e. The van der Waals surface area contributed by atoms with Crippen molar-refractivity contribution in [1.29, 1.82) is 0 Å². The first kappa shape index (κ1) is 14.0. The molecule has 1 atom stereocenters. The molecule has 1 amide bonds. The van der Waals surface area contributed by atoms with Crippen LogP contribution in [-0.2, 0) is 9.53 Å². The molecule has 2 heterocycles. The predicted molar refractivity (Wildman–Crippen MR) is 73.0 cm³/mol. The molecule has 1 N–H and O–H groups in total. The Balaban J connectivity index is 2.11. The maximum Gasteiger partial charge on any atom is 0.334 e. The smallest absolute Gasteiger partial charge is 0.334 e. The molecule has 98 valence electrons. The minimum absolute atomic E-state index is 0.0846. The average molecular weight is 399 g/mol. The fourth-order valence-corrected chi connectivity index (χ4v) is 3.59. The van der Waals surface area contributed by atoms with Gasteiger partial charge in [0.25, 0.3) is 5.91 Å². The molecule has 2 rings (SSSR count). The second kappa shape index (κ2) is 5.68. The third-order valence-corrected chi connectivity index (χ3v) is 5.73. The van der Waals surface area contributed by atoms with E-state index in [4.69, 9.17) is 9.84 Å². The van der Waals surface area contributed by atoms with Crippen molar-refractivity contribution in [2.75, 3.05) is 19.7 Å². The van der Waals surface area contributed by atoms with Crippen LogP contribution in [0.15, 0.2) is 14.3 Å². The molecule has 1 fully saturated rings. The Morgan fingerprint density at radius 1 is 1.50 bits per heavy atom. The highest BCUT2D eigenvalue weighted by Gasteiger charge is 2.30. The van der Waals surface area contributed by atoms with Crippen molar-refractivity contribution in [3.05, 3.63) is 19.2 Å². The van der Waals surface area contributed by atoms with Crippen LogP contribution < -0.4 is 0 Å². The van der Waals surface area contributed by atoms with Gasteiger partial charge in [-0.1, -0.05) is 0 Å². The van der Waals surface area contributed by atoms with Gasteiger partial charge in [0.15, 0.2) is 6.10 Å². The Morgan fingerprint density at radius 2 is 2.22 bits per heavy atom. The second-order valence-electron chi connectivity index (χ2n) is 3.68. The van der Waals surface area contributed by atoms with Crippen molar-refractivity contribution in [3.8, 4) is 0 Å². The van der Waals surface area contributed by atoms with E-state index in [1.165, 1.54) is 16.2 Å². The molecule has 0 spiro atoms. The average Bonchev–Trinajstić information content (AvgIpc) is 2.69. The van der Waals surface area contributed by atoms with Gasteiger partial charge in [-0.05, 0) is 37.9 Å². The third kappa shape index (κ3) is 2.93. The zero-order valence-electron chi connectivity index (χ0n) is 9.06. The van der Waals surface area contributed by atoms with Gasteiger partial charge in [-0.25, -0.2) is 4.79 Å². The van der Waals surface area contributed by atoms with Crippen LogP contribution in [0.5, 0.6) is 0 Å². The Hall–Kier alpha value is -0.440. The molecule has 0 aliphatic carbocycles. The summed E-state index contributed by atoms with van der Waals surface area (Å²) in [4.78, 5) is 25.1. The lowest BCUT2D eigenvalue weighted by molar-refractivity contribution is -0.154. The van der Waals surface area contributed by atoms with Crippen LogP contribution in [0, 0.1) is 0 Å². The lowest BCUT2D eigenvalue weighted by Crippen LogP contribution is -2.48. The molecule has 0 saturated carbocycles. The number of ether oxygens (including phenoxy) is 1. The second-order valence-corrected chi connectivity index (χ2v) is 6.91. The van der Waals surface area contributed by atoms with Crippen molar-refractivity contribution in [1.82, 2.24) is 4.90 Å². The van der Waals surface area contributed by atoms with Gasteiger partial charge >= 0.3 is 5.97 Å². The summed E-state index contributed by atoms with van der Waals surface area (Å²) in [6.45, 7) is 0.744. The minimum atomic E-state index is -1.04. The number of thiophene rings is 1. The molecule has 0 radical (unpaired) electrons. The molecular weight excluding hydrogens is 390 g/mol. The Labute approximate surface area is 124 Å². The fourth-order valence-electron chi connectivity index (χ4n) is 1.59. The van der Waals surface area contributed by atoms with Crippen molar-refractivity contribution in [2.45, 2.75) is 6.10 Å². The van der Waals surface area contributed by atoms with Crippen molar-refractivity contribution in [3.63, 3.8) is 0 Å². The number of carbonyl (C=O) groups excluding carboxylic acids is 1. The van der Waals surface area contributed by atoms with E-state index < -0.39 is 12.1 Å². The maximum atomic E-state index is 12.2. The van der Waals surface area contributed by atoms with Gasteiger partial charge in [-0.3, -0.25) is 4.79 Å². The van der Waals surface area contributed by atoms with E-state index in [2.05, 4.69) is 31.9 Å². The lowest BCUT2D eigenvalue weighted by Gasteiger charge is -2.30. The first-order valence-electron chi connectivity index (χ1n) is 5.07. The van der Waals surface area contributed by atoms with Gasteiger partial charge < -0.3 is 14.7 Å². The van der Waals surface area contributed by atoms with E-state index in [9.17, 15) is 9.59 Å². The quantitative estimate of drug-likeness (QED) is 0.829. The van der Waals surface area contributed by atoms with E-state index in [-0.39, 0.29) is 19.1 Å². The summed E-state index contributed by atoms with van der Waals surface area (Å²) in [5.74, 6) is -1.21. The summed E-state index contributed by atoms with van der Waals surface area (Å²) in [7, 11) is 0. The number of carboxylic acid groups (broad SMARTS) is 1. The molecule has 18 heavy (non-hydrogen) atoms. The number of amides is 1. The van der Waals surface area contributed by atoms with Crippen LogP contribution in [0.2, 0.25) is 0 Å². The highest BCUT2D eigenvalue weighted by Crippen LogP contribution is 2.33. The van der Waals surface area contributed by atoms with E-state index in [1.807, 2.05) is 0 Å². The molecule has 0 aromatic carbocycles. The summed E-state index contributed by atoms with van der Waals surface area (Å²) in [6.07, 6.45) is -0.936. The van der Waals surface area contributed by atoms with E-state index in [0.717, 1.165) is 8.26 Å². The number of rotatable bonds is 2. The summed E-state index contributed by atoms with van der Waals surface area (Å²) in [5.41, 5.74) is 0. The van der Waals surface area contributed by atoms with Gasteiger partial charge in [0.05, 0.1) is 21.8 Å². The van der Waals surface area contributed by atoms with Crippen molar-refractivity contribution in [2.24, 2.45) is 0 Å². The molecule has 1 saturated heterocycles. The van der Waals surface area contributed by atoms with Gasteiger partial charge in [0.1, 0.15) is 0 Å². The first-order valence-corrected chi connectivity index (χ1v) is 7.48. The number of hydrogen-bond acceptors (Lipinski definition) is 4. The number of hydrogen-bond donors (Lipinski definition) is 1. The summed E-state index contributed by atoms with van der Waals surface area (Å²) in [6, 6.07) is 1.72.